The third-order valence-electron chi connectivity index (χ3n) is 3.39. The molecular weight excluding hydrogens is 272 g/mol. The molecule has 3 heteroatoms. The fourth-order valence-electron chi connectivity index (χ4n) is 2.51. The first kappa shape index (κ1) is 14.3. The number of rotatable bonds is 5. The average Bonchev–Trinajstić information content (AvgIpc) is 2.41. The van der Waals surface area contributed by atoms with Gasteiger partial charge in [-0.15, -0.1) is 11.1 Å². The second-order valence-corrected chi connectivity index (χ2v) is 6.27. The molecule has 0 aliphatic heterocycles. The van der Waals surface area contributed by atoms with Crippen molar-refractivity contribution in [3.63, 3.8) is 0 Å². The van der Waals surface area contributed by atoms with Crippen LogP contribution < -0.4 is 0 Å². The number of benzene rings is 2. The van der Waals surface area contributed by atoms with Crippen LogP contribution in [0.4, 0.5) is 0 Å². The van der Waals surface area contributed by atoms with Gasteiger partial charge in [-0.25, -0.2) is 0 Å². The van der Waals surface area contributed by atoms with Crippen LogP contribution in [0.25, 0.3) is 0 Å². The third kappa shape index (κ3) is 3.47. The zero-order valence-electron chi connectivity index (χ0n) is 11.3. The van der Waals surface area contributed by atoms with E-state index in [1.165, 1.54) is 11.1 Å². The molecule has 0 saturated carbocycles. The van der Waals surface area contributed by atoms with Crippen molar-refractivity contribution in [1.82, 2.24) is 0 Å². The van der Waals surface area contributed by atoms with Crippen molar-refractivity contribution in [3.05, 3.63) is 71.8 Å². The van der Waals surface area contributed by atoms with Gasteiger partial charge in [0, 0.05) is 5.92 Å². The highest BCUT2D eigenvalue weighted by atomic mass is 35.6. The predicted octanol–water partition coefficient (Wildman–Crippen LogP) is 3.85. The quantitative estimate of drug-likeness (QED) is 0.600. The molecule has 0 unspecified atom stereocenters. The molecule has 0 heterocycles. The summed E-state index contributed by atoms with van der Waals surface area (Å²) < 4.78 is 5.90. The summed E-state index contributed by atoms with van der Waals surface area (Å²) >= 11 is 5.92. The molecule has 0 atom stereocenters. The summed E-state index contributed by atoms with van der Waals surface area (Å²) in [6, 6.07) is 21.0. The van der Waals surface area contributed by atoms with E-state index in [9.17, 15) is 0 Å². The van der Waals surface area contributed by atoms with E-state index < -0.39 is 9.07 Å². The minimum atomic E-state index is -0.971. The van der Waals surface area contributed by atoms with Crippen LogP contribution in [-0.4, -0.2) is 14.7 Å². The van der Waals surface area contributed by atoms with Gasteiger partial charge in [0.15, 0.2) is 0 Å². The van der Waals surface area contributed by atoms with E-state index in [1.54, 1.807) is 0 Å². The van der Waals surface area contributed by atoms with Gasteiger partial charge < -0.3 is 4.43 Å². The Morgan fingerprint density at radius 1 is 0.895 bits per heavy atom. The van der Waals surface area contributed by atoms with Crippen LogP contribution in [0.2, 0.25) is 0 Å². The molecule has 0 aliphatic carbocycles. The molecule has 0 amide bonds. The summed E-state index contributed by atoms with van der Waals surface area (Å²) in [5.41, 5.74) is 2.23. The Labute approximate surface area is 122 Å². The second-order valence-electron chi connectivity index (χ2n) is 5.11. The highest BCUT2D eigenvalue weighted by molar-refractivity contribution is 6.90. The Hall–Kier alpha value is -1.09. The van der Waals surface area contributed by atoms with Crippen LogP contribution in [0.1, 0.15) is 30.9 Å². The van der Waals surface area contributed by atoms with Gasteiger partial charge in [-0.3, -0.25) is 0 Å². The minimum Gasteiger partial charge on any atom is -0.402 e. The molecule has 0 aliphatic rings. The summed E-state index contributed by atoms with van der Waals surface area (Å²) in [4.78, 5) is 0. The largest absolute Gasteiger partial charge is 0.402 e. The molecule has 0 spiro atoms. The van der Waals surface area contributed by atoms with Crippen molar-refractivity contribution in [2.45, 2.75) is 25.4 Å². The smallest absolute Gasteiger partial charge is 0.259 e. The van der Waals surface area contributed by atoms with Crippen LogP contribution in [0, 0.1) is 0 Å². The SMILES string of the molecule is CC(C)(O[SiH2]Cl)C(c1ccccc1)c1ccccc1. The molecule has 2 aromatic rings. The van der Waals surface area contributed by atoms with Gasteiger partial charge in [0.25, 0.3) is 9.07 Å². The molecule has 0 saturated heterocycles. The van der Waals surface area contributed by atoms with Gasteiger partial charge in [-0.2, -0.15) is 0 Å². The van der Waals surface area contributed by atoms with E-state index in [4.69, 9.17) is 15.5 Å². The molecular formula is C16H19ClOSi. The molecule has 0 radical (unpaired) electrons. The van der Waals surface area contributed by atoms with E-state index in [-0.39, 0.29) is 11.5 Å². The van der Waals surface area contributed by atoms with E-state index in [1.807, 2.05) is 12.1 Å². The van der Waals surface area contributed by atoms with Gasteiger partial charge in [-0.1, -0.05) is 60.7 Å². The Kier molecular flexibility index (Phi) is 4.80. The Morgan fingerprint density at radius 3 is 1.68 bits per heavy atom. The Morgan fingerprint density at radius 2 is 1.32 bits per heavy atom. The van der Waals surface area contributed by atoms with Crippen molar-refractivity contribution in [2.24, 2.45) is 0 Å². The Bertz CT molecular complexity index is 459. The van der Waals surface area contributed by atoms with E-state index >= 15 is 0 Å². The minimum absolute atomic E-state index is 0.196. The summed E-state index contributed by atoms with van der Waals surface area (Å²) in [6.07, 6.45) is 0. The summed E-state index contributed by atoms with van der Waals surface area (Å²) in [5, 5.41) is 0. The van der Waals surface area contributed by atoms with Crippen LogP contribution in [0.3, 0.4) is 0 Å². The van der Waals surface area contributed by atoms with Crippen molar-refractivity contribution < 1.29 is 4.43 Å². The van der Waals surface area contributed by atoms with Crippen molar-refractivity contribution >= 4 is 20.2 Å². The highest BCUT2D eigenvalue weighted by Gasteiger charge is 2.32. The molecule has 0 bridgehead atoms. The maximum atomic E-state index is 5.92. The van der Waals surface area contributed by atoms with Crippen molar-refractivity contribution in [2.75, 3.05) is 0 Å². The maximum Gasteiger partial charge on any atom is 0.259 e. The maximum absolute atomic E-state index is 5.92. The molecule has 0 aromatic heterocycles. The van der Waals surface area contributed by atoms with E-state index in [2.05, 4.69) is 62.4 Å². The van der Waals surface area contributed by atoms with Crippen LogP contribution >= 0.6 is 11.1 Å². The van der Waals surface area contributed by atoms with Crippen LogP contribution in [-0.2, 0) is 4.43 Å². The molecule has 2 aromatic carbocycles. The number of hydrogen-bond acceptors (Lipinski definition) is 1. The highest BCUT2D eigenvalue weighted by Crippen LogP contribution is 2.36. The summed E-state index contributed by atoms with van der Waals surface area (Å²) in [6.45, 7) is 4.24. The molecule has 1 nitrogen and oxygen atoms in total. The number of halogens is 1. The lowest BCUT2D eigenvalue weighted by Gasteiger charge is -2.35. The van der Waals surface area contributed by atoms with Crippen LogP contribution in [0.5, 0.6) is 0 Å². The normalized spacial score (nSPS) is 12.4. The summed E-state index contributed by atoms with van der Waals surface area (Å²) in [5.74, 6) is 0.196. The van der Waals surface area contributed by atoms with Gasteiger partial charge >= 0.3 is 0 Å². The molecule has 100 valence electrons. The summed E-state index contributed by atoms with van der Waals surface area (Å²) in [7, 11) is -0.971. The zero-order chi connectivity index (χ0) is 13.7. The first-order chi connectivity index (χ1) is 9.15. The molecule has 0 fully saturated rings. The average molecular weight is 291 g/mol. The first-order valence-corrected chi connectivity index (χ1v) is 9.16. The second kappa shape index (κ2) is 6.37. The lowest BCUT2D eigenvalue weighted by molar-refractivity contribution is 0.101. The van der Waals surface area contributed by atoms with Crippen LogP contribution in [0.15, 0.2) is 60.7 Å². The number of hydrogen-bond donors (Lipinski definition) is 0. The van der Waals surface area contributed by atoms with E-state index in [0.29, 0.717) is 0 Å². The van der Waals surface area contributed by atoms with Gasteiger partial charge in [0.2, 0.25) is 0 Å². The lowest BCUT2D eigenvalue weighted by atomic mass is 9.79. The van der Waals surface area contributed by atoms with Gasteiger partial charge in [0.05, 0.1) is 5.60 Å². The fourth-order valence-corrected chi connectivity index (χ4v) is 3.80. The van der Waals surface area contributed by atoms with Gasteiger partial charge in [-0.05, 0) is 25.0 Å². The van der Waals surface area contributed by atoms with Gasteiger partial charge in [0.1, 0.15) is 0 Å². The fraction of sp³-hybridized carbons (Fsp3) is 0.250. The monoisotopic (exact) mass is 290 g/mol. The molecule has 19 heavy (non-hydrogen) atoms. The Balaban J connectivity index is 2.46. The third-order valence-corrected chi connectivity index (χ3v) is 4.57. The zero-order valence-corrected chi connectivity index (χ0v) is 13.5. The topological polar surface area (TPSA) is 9.23 Å². The first-order valence-electron chi connectivity index (χ1n) is 6.45. The standard InChI is InChI=1S/C16H19ClOSi/c1-16(2,18-19-17)15(13-9-5-3-6-10-13)14-11-7-4-8-12-14/h3-12,15H,19H2,1-2H3. The molecule has 2 rings (SSSR count). The van der Waals surface area contributed by atoms with Crippen molar-refractivity contribution in [1.29, 1.82) is 0 Å². The lowest BCUT2D eigenvalue weighted by Crippen LogP contribution is -2.34. The van der Waals surface area contributed by atoms with Crippen molar-refractivity contribution in [3.8, 4) is 0 Å². The van der Waals surface area contributed by atoms with E-state index in [0.717, 1.165) is 0 Å². The predicted molar refractivity (Wildman–Crippen MR) is 84.3 cm³/mol. The molecule has 0 N–H and O–H groups in total.